The van der Waals surface area contributed by atoms with Crippen LogP contribution in [0.15, 0.2) is 6.07 Å². The fourth-order valence-electron chi connectivity index (χ4n) is 6.79. The van der Waals surface area contributed by atoms with Crippen molar-refractivity contribution < 1.29 is 0 Å². The van der Waals surface area contributed by atoms with Gasteiger partial charge in [-0.3, -0.25) is 4.68 Å². The maximum Gasteiger partial charge on any atom is 0.171 e. The summed E-state index contributed by atoms with van der Waals surface area (Å²) in [6, 6.07) is 2.55. The number of hydrogen-bond donors (Lipinski definition) is 1. The molecule has 0 aromatic carbocycles. The molecule has 7 nitrogen and oxygen atoms in total. The van der Waals surface area contributed by atoms with Gasteiger partial charge in [0.1, 0.15) is 0 Å². The highest BCUT2D eigenvalue weighted by Crippen LogP contribution is 2.60. The molecule has 2 aromatic rings. The summed E-state index contributed by atoms with van der Waals surface area (Å²) in [4.78, 5) is 1.97. The summed E-state index contributed by atoms with van der Waals surface area (Å²) in [6.07, 6.45) is 7.53. The lowest BCUT2D eigenvalue weighted by Crippen LogP contribution is -2.66. The van der Waals surface area contributed by atoms with Crippen LogP contribution in [0.3, 0.4) is 0 Å². The van der Waals surface area contributed by atoms with Crippen molar-refractivity contribution in [3.63, 3.8) is 0 Å². The summed E-state index contributed by atoms with van der Waals surface area (Å²) in [5, 5.41) is 22.0. The quantitative estimate of drug-likeness (QED) is 0.877. The molecule has 2 aromatic heterocycles. The van der Waals surface area contributed by atoms with Crippen LogP contribution in [0, 0.1) is 32.6 Å². The van der Waals surface area contributed by atoms with Crippen LogP contribution in [0.5, 0.6) is 0 Å². The first-order valence-electron chi connectivity index (χ1n) is 10.4. The highest BCUT2D eigenvalue weighted by molar-refractivity contribution is 5.14. The predicted molar refractivity (Wildman–Crippen MR) is 102 cm³/mol. The van der Waals surface area contributed by atoms with Crippen LogP contribution in [0.4, 0.5) is 0 Å². The summed E-state index contributed by atoms with van der Waals surface area (Å²) >= 11 is 0. The Balaban J connectivity index is 1.38. The minimum absolute atomic E-state index is 0.0657. The Kier molecular flexibility index (Phi) is 3.77. The standard InChI is InChI=1S/C20H31N7/c1-13-5-15(3)26(23-13)11-14(2)21-19-7-17-6-18(8-19)10-20(9-17,12-19)27-24-16(4)22-25-27/h5,14,17-18,21H,6-12H2,1-4H3/t14-,17-,18+,19?,20?/m0/s1. The lowest BCUT2D eigenvalue weighted by atomic mass is 9.50. The van der Waals surface area contributed by atoms with E-state index in [-0.39, 0.29) is 11.1 Å². The number of nitrogens with zero attached hydrogens (tertiary/aromatic N) is 6. The Labute approximate surface area is 160 Å². The zero-order valence-electron chi connectivity index (χ0n) is 16.9. The molecule has 4 fully saturated rings. The molecule has 27 heavy (non-hydrogen) atoms. The molecular formula is C20H31N7. The Morgan fingerprint density at radius 3 is 2.48 bits per heavy atom. The van der Waals surface area contributed by atoms with Gasteiger partial charge < -0.3 is 5.32 Å². The van der Waals surface area contributed by atoms with Crippen LogP contribution in [0.25, 0.3) is 0 Å². The third kappa shape index (κ3) is 2.91. The van der Waals surface area contributed by atoms with Gasteiger partial charge >= 0.3 is 0 Å². The van der Waals surface area contributed by atoms with Gasteiger partial charge in [0.05, 0.1) is 17.8 Å². The van der Waals surface area contributed by atoms with Crippen molar-refractivity contribution >= 4 is 0 Å². The van der Waals surface area contributed by atoms with E-state index in [1.54, 1.807) is 0 Å². The molecule has 146 valence electrons. The topological polar surface area (TPSA) is 73.5 Å². The van der Waals surface area contributed by atoms with Crippen molar-refractivity contribution in [3.05, 3.63) is 23.3 Å². The van der Waals surface area contributed by atoms with E-state index in [2.05, 4.69) is 57.3 Å². The normalized spacial score (nSPS) is 35.7. The van der Waals surface area contributed by atoms with E-state index < -0.39 is 0 Å². The Morgan fingerprint density at radius 2 is 1.89 bits per heavy atom. The molecule has 4 bridgehead atoms. The molecule has 1 N–H and O–H groups in total. The Bertz CT molecular complexity index is 836. The number of aryl methyl sites for hydroxylation is 3. The summed E-state index contributed by atoms with van der Waals surface area (Å²) in [7, 11) is 0. The van der Waals surface area contributed by atoms with Gasteiger partial charge in [0.25, 0.3) is 0 Å². The van der Waals surface area contributed by atoms with Crippen molar-refractivity contribution in [1.29, 1.82) is 0 Å². The largest absolute Gasteiger partial charge is 0.307 e. The molecule has 5 atom stereocenters. The van der Waals surface area contributed by atoms with Gasteiger partial charge in [-0.25, -0.2) is 0 Å². The molecule has 4 aliphatic rings. The number of aromatic nitrogens is 6. The van der Waals surface area contributed by atoms with Gasteiger partial charge in [-0.15, -0.1) is 10.2 Å². The second kappa shape index (κ2) is 5.87. The molecule has 6 rings (SSSR count). The van der Waals surface area contributed by atoms with E-state index in [4.69, 9.17) is 0 Å². The molecule has 4 saturated carbocycles. The number of tetrazole rings is 1. The van der Waals surface area contributed by atoms with Gasteiger partial charge in [0.15, 0.2) is 5.82 Å². The van der Waals surface area contributed by atoms with Crippen LogP contribution < -0.4 is 5.32 Å². The summed E-state index contributed by atoms with van der Waals surface area (Å²) in [5.74, 6) is 2.35. The minimum Gasteiger partial charge on any atom is -0.307 e. The van der Waals surface area contributed by atoms with Gasteiger partial charge in [0, 0.05) is 17.3 Å². The molecule has 2 heterocycles. The zero-order chi connectivity index (χ0) is 18.8. The molecule has 4 aliphatic carbocycles. The molecular weight excluding hydrogens is 338 g/mol. The van der Waals surface area contributed by atoms with Crippen LogP contribution in [0.1, 0.15) is 62.7 Å². The monoisotopic (exact) mass is 369 g/mol. The highest BCUT2D eigenvalue weighted by atomic mass is 15.6. The predicted octanol–water partition coefficient (Wildman–Crippen LogP) is 2.52. The highest BCUT2D eigenvalue weighted by Gasteiger charge is 2.59. The van der Waals surface area contributed by atoms with Crippen molar-refractivity contribution in [1.82, 2.24) is 35.3 Å². The summed E-state index contributed by atoms with van der Waals surface area (Å²) in [5.41, 5.74) is 2.61. The van der Waals surface area contributed by atoms with Crippen LogP contribution >= 0.6 is 0 Å². The van der Waals surface area contributed by atoms with E-state index in [1.165, 1.54) is 37.8 Å². The van der Waals surface area contributed by atoms with E-state index in [9.17, 15) is 0 Å². The average molecular weight is 370 g/mol. The maximum atomic E-state index is 4.65. The summed E-state index contributed by atoms with van der Waals surface area (Å²) < 4.78 is 2.14. The lowest BCUT2D eigenvalue weighted by molar-refractivity contribution is -0.0882. The van der Waals surface area contributed by atoms with Gasteiger partial charge in [0.2, 0.25) is 0 Å². The third-order valence-corrected chi connectivity index (χ3v) is 7.07. The second-order valence-corrected chi connectivity index (χ2v) is 9.75. The maximum absolute atomic E-state index is 4.65. The third-order valence-electron chi connectivity index (χ3n) is 7.07. The van der Waals surface area contributed by atoms with Gasteiger partial charge in [-0.05, 0) is 89.3 Å². The molecule has 7 heteroatoms. The molecule has 0 saturated heterocycles. The van der Waals surface area contributed by atoms with E-state index in [0.717, 1.165) is 36.3 Å². The summed E-state index contributed by atoms with van der Waals surface area (Å²) in [6.45, 7) is 9.38. The van der Waals surface area contributed by atoms with Crippen molar-refractivity contribution in [2.24, 2.45) is 11.8 Å². The van der Waals surface area contributed by atoms with E-state index in [0.29, 0.717) is 6.04 Å². The fraction of sp³-hybridized carbons (Fsp3) is 0.800. The smallest absolute Gasteiger partial charge is 0.171 e. The molecule has 0 spiro atoms. The Morgan fingerprint density at radius 1 is 1.15 bits per heavy atom. The van der Waals surface area contributed by atoms with E-state index in [1.807, 2.05) is 11.7 Å². The number of hydrogen-bond acceptors (Lipinski definition) is 5. The first kappa shape index (κ1) is 17.3. The fourth-order valence-corrected chi connectivity index (χ4v) is 6.79. The molecule has 2 unspecified atom stereocenters. The van der Waals surface area contributed by atoms with E-state index >= 15 is 0 Å². The van der Waals surface area contributed by atoms with Crippen LogP contribution in [-0.4, -0.2) is 41.6 Å². The number of rotatable bonds is 5. The lowest BCUT2D eigenvalue weighted by Gasteiger charge is -2.62. The van der Waals surface area contributed by atoms with Crippen molar-refractivity contribution in [3.8, 4) is 0 Å². The molecule has 0 amide bonds. The zero-order valence-corrected chi connectivity index (χ0v) is 16.9. The average Bonchev–Trinajstić information content (AvgIpc) is 3.11. The van der Waals surface area contributed by atoms with Crippen molar-refractivity contribution in [2.75, 3.05) is 0 Å². The first-order valence-corrected chi connectivity index (χ1v) is 10.4. The second-order valence-electron chi connectivity index (χ2n) is 9.75. The number of nitrogens with one attached hydrogen (secondary N) is 1. The van der Waals surface area contributed by atoms with Gasteiger partial charge in [-0.2, -0.15) is 9.90 Å². The van der Waals surface area contributed by atoms with Crippen LogP contribution in [0.2, 0.25) is 0 Å². The first-order chi connectivity index (χ1) is 12.8. The molecule has 0 radical (unpaired) electrons. The molecule has 0 aliphatic heterocycles. The van der Waals surface area contributed by atoms with Crippen LogP contribution in [-0.2, 0) is 12.1 Å². The Hall–Kier alpha value is -1.76. The van der Waals surface area contributed by atoms with Gasteiger partial charge in [-0.1, -0.05) is 0 Å². The minimum atomic E-state index is 0.0657. The van der Waals surface area contributed by atoms with Crippen molar-refractivity contribution in [2.45, 2.75) is 89.9 Å². The SMILES string of the molecule is Cc1cc(C)n(C[C@H](C)NC23C[C@H]4C[C@@H](C2)CC(n2nnc(C)n2)(C4)C3)n1.